The van der Waals surface area contributed by atoms with Crippen LogP contribution in [-0.2, 0) is 13.1 Å². The van der Waals surface area contributed by atoms with Crippen LogP contribution in [0.3, 0.4) is 0 Å². The molecule has 0 aliphatic heterocycles. The van der Waals surface area contributed by atoms with E-state index in [1.165, 1.54) is 10.4 Å². The zero-order valence-electron chi connectivity index (χ0n) is 12.1. The molecule has 0 aliphatic carbocycles. The van der Waals surface area contributed by atoms with Crippen molar-refractivity contribution in [3.8, 4) is 5.75 Å². The van der Waals surface area contributed by atoms with Crippen LogP contribution in [0, 0.1) is 0 Å². The molecule has 0 atom stereocenters. The van der Waals surface area contributed by atoms with Crippen molar-refractivity contribution in [2.24, 2.45) is 0 Å². The Morgan fingerprint density at radius 1 is 1.25 bits per heavy atom. The molecule has 0 aliphatic rings. The summed E-state index contributed by atoms with van der Waals surface area (Å²) in [5.74, 6) is 0.884. The van der Waals surface area contributed by atoms with Crippen LogP contribution in [0.5, 0.6) is 5.75 Å². The van der Waals surface area contributed by atoms with Gasteiger partial charge in [0.1, 0.15) is 5.75 Å². The molecule has 2 rings (SSSR count). The molecule has 1 heterocycles. The Bertz CT molecular complexity index is 539. The third kappa shape index (κ3) is 4.08. The highest BCUT2D eigenvalue weighted by molar-refractivity contribution is 9.10. The van der Waals surface area contributed by atoms with Gasteiger partial charge in [0.2, 0.25) is 0 Å². The molecule has 0 N–H and O–H groups in total. The van der Waals surface area contributed by atoms with E-state index in [2.05, 4.69) is 58.3 Å². The van der Waals surface area contributed by atoms with Crippen LogP contribution < -0.4 is 4.74 Å². The van der Waals surface area contributed by atoms with E-state index in [9.17, 15) is 0 Å². The summed E-state index contributed by atoms with van der Waals surface area (Å²) in [4.78, 5) is 3.88. The number of methoxy groups -OCH3 is 1. The van der Waals surface area contributed by atoms with Crippen molar-refractivity contribution in [2.75, 3.05) is 7.11 Å². The summed E-state index contributed by atoms with van der Waals surface area (Å²) in [5, 5.41) is 2.14. The molecular formula is C16H20BrNOS. The van der Waals surface area contributed by atoms with Gasteiger partial charge in [0.25, 0.3) is 0 Å². The van der Waals surface area contributed by atoms with Gasteiger partial charge in [-0.3, -0.25) is 4.90 Å². The summed E-state index contributed by atoms with van der Waals surface area (Å²) in [6.07, 6.45) is 0. The monoisotopic (exact) mass is 353 g/mol. The summed E-state index contributed by atoms with van der Waals surface area (Å²) in [7, 11) is 1.69. The zero-order chi connectivity index (χ0) is 14.5. The van der Waals surface area contributed by atoms with E-state index in [-0.39, 0.29) is 0 Å². The lowest BCUT2D eigenvalue weighted by atomic mass is 10.1. The Kier molecular flexibility index (Phi) is 5.64. The maximum absolute atomic E-state index is 5.25. The van der Waals surface area contributed by atoms with Crippen molar-refractivity contribution in [3.05, 3.63) is 50.6 Å². The first-order valence-corrected chi connectivity index (χ1v) is 8.36. The van der Waals surface area contributed by atoms with Gasteiger partial charge in [-0.15, -0.1) is 11.3 Å². The number of thiophene rings is 1. The summed E-state index contributed by atoms with van der Waals surface area (Å²) >= 11 is 5.46. The lowest BCUT2D eigenvalue weighted by molar-refractivity contribution is 0.205. The van der Waals surface area contributed by atoms with E-state index in [0.29, 0.717) is 6.04 Å². The smallest absolute Gasteiger partial charge is 0.120 e. The van der Waals surface area contributed by atoms with Gasteiger partial charge in [-0.25, -0.2) is 0 Å². The Morgan fingerprint density at radius 2 is 2.05 bits per heavy atom. The number of rotatable bonds is 6. The summed E-state index contributed by atoms with van der Waals surface area (Å²) < 4.78 is 6.35. The fourth-order valence-corrected chi connectivity index (χ4v) is 3.24. The topological polar surface area (TPSA) is 12.5 Å². The maximum Gasteiger partial charge on any atom is 0.120 e. The first-order valence-electron chi connectivity index (χ1n) is 6.69. The third-order valence-corrected chi connectivity index (χ3v) is 4.90. The average Bonchev–Trinajstić information content (AvgIpc) is 2.92. The fourth-order valence-electron chi connectivity index (χ4n) is 2.03. The van der Waals surface area contributed by atoms with Crippen LogP contribution in [0.25, 0.3) is 0 Å². The van der Waals surface area contributed by atoms with Crippen LogP contribution in [0.2, 0.25) is 0 Å². The molecule has 2 nitrogen and oxygen atoms in total. The van der Waals surface area contributed by atoms with Gasteiger partial charge in [0.05, 0.1) is 7.11 Å². The third-order valence-electron chi connectivity index (χ3n) is 3.30. The fraction of sp³-hybridized carbons (Fsp3) is 0.375. The number of nitrogens with zero attached hydrogens (tertiary/aromatic N) is 1. The molecule has 0 unspecified atom stereocenters. The molecular weight excluding hydrogens is 334 g/mol. The van der Waals surface area contributed by atoms with Gasteiger partial charge in [0.15, 0.2) is 0 Å². The number of ether oxygens (including phenoxy) is 1. The normalized spacial score (nSPS) is 11.3. The van der Waals surface area contributed by atoms with Gasteiger partial charge in [-0.05, 0) is 43.0 Å². The number of hydrogen-bond donors (Lipinski definition) is 0. The number of hydrogen-bond acceptors (Lipinski definition) is 3. The molecule has 0 bridgehead atoms. The van der Waals surface area contributed by atoms with Gasteiger partial charge in [-0.1, -0.05) is 28.1 Å². The van der Waals surface area contributed by atoms with Crippen molar-refractivity contribution >= 4 is 27.3 Å². The second kappa shape index (κ2) is 7.25. The summed E-state index contributed by atoms with van der Waals surface area (Å²) in [5.41, 5.74) is 1.29. The van der Waals surface area contributed by atoms with E-state index in [0.717, 1.165) is 23.3 Å². The van der Waals surface area contributed by atoms with Crippen molar-refractivity contribution in [1.29, 1.82) is 0 Å². The molecule has 0 saturated carbocycles. The van der Waals surface area contributed by atoms with Gasteiger partial charge >= 0.3 is 0 Å². The van der Waals surface area contributed by atoms with Crippen molar-refractivity contribution < 1.29 is 4.74 Å². The predicted molar refractivity (Wildman–Crippen MR) is 89.4 cm³/mol. The van der Waals surface area contributed by atoms with Crippen LogP contribution in [0.15, 0.2) is 40.2 Å². The van der Waals surface area contributed by atoms with Crippen LogP contribution >= 0.6 is 27.3 Å². The van der Waals surface area contributed by atoms with Gasteiger partial charge < -0.3 is 4.74 Å². The summed E-state index contributed by atoms with van der Waals surface area (Å²) in [6.45, 7) is 6.41. The van der Waals surface area contributed by atoms with E-state index in [1.807, 2.05) is 23.5 Å². The zero-order valence-corrected chi connectivity index (χ0v) is 14.5. The molecule has 1 aromatic carbocycles. The van der Waals surface area contributed by atoms with E-state index < -0.39 is 0 Å². The largest absolute Gasteiger partial charge is 0.497 e. The van der Waals surface area contributed by atoms with E-state index >= 15 is 0 Å². The molecule has 0 amide bonds. The highest BCUT2D eigenvalue weighted by atomic mass is 79.9. The lowest BCUT2D eigenvalue weighted by Gasteiger charge is -2.26. The molecule has 108 valence electrons. The quantitative estimate of drug-likeness (QED) is 0.729. The van der Waals surface area contributed by atoms with Crippen LogP contribution in [0.1, 0.15) is 24.3 Å². The van der Waals surface area contributed by atoms with Crippen LogP contribution in [0.4, 0.5) is 0 Å². The minimum Gasteiger partial charge on any atom is -0.497 e. The lowest BCUT2D eigenvalue weighted by Crippen LogP contribution is -2.29. The van der Waals surface area contributed by atoms with Crippen molar-refractivity contribution in [3.63, 3.8) is 0 Å². The highest BCUT2D eigenvalue weighted by Crippen LogP contribution is 2.25. The number of benzene rings is 1. The standard InChI is InChI=1S/C16H20BrNOS/c1-12(2)18(11-15-5-4-8-20-15)10-13-6-7-14(19-3)9-16(13)17/h4-9,12H,10-11H2,1-3H3. The molecule has 20 heavy (non-hydrogen) atoms. The molecule has 0 fully saturated rings. The highest BCUT2D eigenvalue weighted by Gasteiger charge is 2.13. The first kappa shape index (κ1) is 15.5. The Hall–Kier alpha value is -0.840. The van der Waals surface area contributed by atoms with Gasteiger partial charge in [0, 0.05) is 28.5 Å². The number of halogens is 1. The van der Waals surface area contributed by atoms with Gasteiger partial charge in [-0.2, -0.15) is 0 Å². The maximum atomic E-state index is 5.25. The molecule has 2 aromatic rings. The molecule has 0 saturated heterocycles. The Balaban J connectivity index is 2.11. The minimum absolute atomic E-state index is 0.506. The molecule has 0 radical (unpaired) electrons. The van der Waals surface area contributed by atoms with E-state index in [1.54, 1.807) is 7.11 Å². The second-order valence-electron chi connectivity index (χ2n) is 5.04. The predicted octanol–water partition coefficient (Wildman–Crippen LogP) is 4.93. The average molecular weight is 354 g/mol. The SMILES string of the molecule is COc1ccc(CN(Cc2cccs2)C(C)C)c(Br)c1. The van der Waals surface area contributed by atoms with Crippen LogP contribution in [-0.4, -0.2) is 18.1 Å². The molecule has 4 heteroatoms. The molecule has 0 spiro atoms. The first-order chi connectivity index (χ1) is 9.60. The second-order valence-corrected chi connectivity index (χ2v) is 6.92. The Labute approximate surface area is 133 Å². The minimum atomic E-state index is 0.506. The molecule has 1 aromatic heterocycles. The Morgan fingerprint density at radius 3 is 2.60 bits per heavy atom. The van der Waals surface area contributed by atoms with Crippen molar-refractivity contribution in [2.45, 2.75) is 33.0 Å². The van der Waals surface area contributed by atoms with E-state index in [4.69, 9.17) is 4.74 Å². The van der Waals surface area contributed by atoms with Crippen molar-refractivity contribution in [1.82, 2.24) is 4.90 Å². The summed E-state index contributed by atoms with van der Waals surface area (Å²) in [6, 6.07) is 11.0.